The number of allylic oxidation sites excluding steroid dienone is 4. The lowest BCUT2D eigenvalue weighted by Crippen LogP contribution is -2.30. The van der Waals surface area contributed by atoms with Gasteiger partial charge >= 0.3 is 39.5 Å². The fraction of sp³-hybridized carbons (Fsp3) is 0.907. The van der Waals surface area contributed by atoms with Crippen LogP contribution < -0.4 is 0 Å². The summed E-state index contributed by atoms with van der Waals surface area (Å²) in [5.74, 6) is 0.280. The topological polar surface area (TPSA) is 237 Å². The molecule has 0 rings (SSSR count). The zero-order valence-electron chi connectivity index (χ0n) is 68.7. The SMILES string of the molecule is CCCCCC/C=C\C=C/CCCCCCCC(=O)OC[C@H](COP(=O)(O)OCC(O)COP(=O)(O)OC[C@@H](COC(=O)CCCCCCCCCC(C)C)OC(=O)CCCCCCCCCCCCCCCCCCCCC(C)CC)OC(=O)CCCCCCCCCCCCCCCCC(C)CC. The van der Waals surface area contributed by atoms with Crippen molar-refractivity contribution in [1.29, 1.82) is 0 Å². The van der Waals surface area contributed by atoms with E-state index in [4.69, 9.17) is 37.0 Å². The van der Waals surface area contributed by atoms with Crippen molar-refractivity contribution in [3.8, 4) is 0 Å². The maximum atomic E-state index is 13.1. The Balaban J connectivity index is 5.23. The van der Waals surface area contributed by atoms with Crippen LogP contribution in [0.4, 0.5) is 0 Å². The van der Waals surface area contributed by atoms with E-state index in [1.807, 2.05) is 0 Å². The summed E-state index contributed by atoms with van der Waals surface area (Å²) in [5.41, 5.74) is 0. The van der Waals surface area contributed by atoms with Crippen LogP contribution in [0.15, 0.2) is 24.3 Å². The Labute approximate surface area is 643 Å². The lowest BCUT2D eigenvalue weighted by atomic mass is 9.99. The van der Waals surface area contributed by atoms with E-state index in [2.05, 4.69) is 72.8 Å². The van der Waals surface area contributed by atoms with Gasteiger partial charge in [0.1, 0.15) is 19.3 Å². The normalized spacial score (nSPS) is 14.5. The zero-order valence-corrected chi connectivity index (χ0v) is 70.5. The van der Waals surface area contributed by atoms with Crippen LogP contribution >= 0.6 is 15.6 Å². The molecule has 5 unspecified atom stereocenters. The van der Waals surface area contributed by atoms with Crippen molar-refractivity contribution >= 4 is 39.5 Å². The Bertz CT molecular complexity index is 2130. The summed E-state index contributed by atoms with van der Waals surface area (Å²) < 4.78 is 68.8. The Morgan fingerprint density at radius 1 is 0.314 bits per heavy atom. The summed E-state index contributed by atoms with van der Waals surface area (Å²) in [6, 6.07) is 0. The Morgan fingerprint density at radius 2 is 0.562 bits per heavy atom. The molecule has 0 bridgehead atoms. The molecule has 0 saturated heterocycles. The number of aliphatic hydroxyl groups excluding tert-OH is 1. The average Bonchev–Trinajstić information content (AvgIpc) is 0.933. The minimum Gasteiger partial charge on any atom is -0.462 e. The van der Waals surface area contributed by atoms with Crippen LogP contribution in [0.3, 0.4) is 0 Å². The van der Waals surface area contributed by atoms with Crippen molar-refractivity contribution in [1.82, 2.24) is 0 Å². The average molecular weight is 1530 g/mol. The molecule has 0 spiro atoms. The third-order valence-electron chi connectivity index (χ3n) is 20.2. The Kier molecular flexibility index (Phi) is 73.8. The molecule has 7 atom stereocenters. The summed E-state index contributed by atoms with van der Waals surface area (Å²) in [6.45, 7) is 12.0. The molecule has 620 valence electrons. The van der Waals surface area contributed by atoms with Gasteiger partial charge in [0.15, 0.2) is 12.2 Å². The maximum absolute atomic E-state index is 13.1. The van der Waals surface area contributed by atoms with E-state index in [0.29, 0.717) is 31.6 Å². The van der Waals surface area contributed by atoms with Crippen molar-refractivity contribution in [3.63, 3.8) is 0 Å². The van der Waals surface area contributed by atoms with Crippen molar-refractivity contribution in [3.05, 3.63) is 24.3 Å². The Hall–Kier alpha value is -2.46. The number of carbonyl (C=O) groups excluding carboxylic acids is 4. The highest BCUT2D eigenvalue weighted by molar-refractivity contribution is 7.47. The van der Waals surface area contributed by atoms with Crippen molar-refractivity contribution in [2.75, 3.05) is 39.6 Å². The fourth-order valence-corrected chi connectivity index (χ4v) is 14.3. The number of unbranched alkanes of at least 4 members (excludes halogenated alkanes) is 45. The van der Waals surface area contributed by atoms with Gasteiger partial charge in [-0.2, -0.15) is 0 Å². The molecule has 0 aliphatic rings. The number of rotatable bonds is 82. The summed E-state index contributed by atoms with van der Waals surface area (Å²) in [4.78, 5) is 73.2. The first-order valence-electron chi connectivity index (χ1n) is 43.7. The summed E-state index contributed by atoms with van der Waals surface area (Å²) >= 11 is 0. The molecule has 0 fully saturated rings. The highest BCUT2D eigenvalue weighted by Gasteiger charge is 2.30. The molecular weight excluding hydrogens is 1370 g/mol. The second kappa shape index (κ2) is 75.6. The van der Waals surface area contributed by atoms with Gasteiger partial charge in [0, 0.05) is 25.7 Å². The smallest absolute Gasteiger partial charge is 0.462 e. The van der Waals surface area contributed by atoms with Crippen LogP contribution in [-0.4, -0.2) is 96.7 Å². The fourth-order valence-electron chi connectivity index (χ4n) is 12.8. The van der Waals surface area contributed by atoms with Crippen LogP contribution in [0.1, 0.15) is 427 Å². The number of hydrogen-bond acceptors (Lipinski definition) is 15. The highest BCUT2D eigenvalue weighted by Crippen LogP contribution is 2.45. The minimum absolute atomic E-state index is 0.101. The predicted molar refractivity (Wildman–Crippen MR) is 432 cm³/mol. The van der Waals surface area contributed by atoms with Gasteiger partial charge in [0.25, 0.3) is 0 Å². The maximum Gasteiger partial charge on any atom is 0.472 e. The molecule has 3 N–H and O–H groups in total. The Morgan fingerprint density at radius 3 is 0.848 bits per heavy atom. The van der Waals surface area contributed by atoms with E-state index in [9.17, 15) is 43.2 Å². The summed E-state index contributed by atoms with van der Waals surface area (Å²) in [7, 11) is -9.94. The molecule has 0 amide bonds. The molecule has 105 heavy (non-hydrogen) atoms. The molecule has 0 saturated carbocycles. The highest BCUT2D eigenvalue weighted by atomic mass is 31.2. The molecule has 17 nitrogen and oxygen atoms in total. The number of phosphoric ester groups is 2. The zero-order chi connectivity index (χ0) is 77.2. The molecule has 0 aromatic heterocycles. The van der Waals surface area contributed by atoms with Gasteiger partial charge in [-0.1, -0.05) is 375 Å². The largest absolute Gasteiger partial charge is 0.472 e. The molecular formula is C86H164O17P2. The van der Waals surface area contributed by atoms with E-state index >= 15 is 0 Å². The standard InChI is InChI=1S/C86H164O17P2/c1-8-11-12-13-14-15-16-17-22-29-34-39-46-53-60-67-83(88)96-73-81(102-85(90)70-63-56-48-41-36-31-26-25-28-33-38-45-52-59-66-79(7)10-3)75-100-104(92,93)98-71-80(87)72-99-105(94,95)101-76-82(74-97-84(89)68-61-54-49-42-43-50-57-64-77(4)5)103-86(91)69-62-55-47-40-35-30-24-21-19-18-20-23-27-32-37-44-51-58-65-78(6)9-2/h15-17,22,77-82,87H,8-14,18-21,23-76H2,1-7H3,(H,92,93)(H,94,95)/b16-15-,22-17-/t78?,79?,80?,81-,82-/m1/s1. The quantitative estimate of drug-likeness (QED) is 0.0169. The number of hydrogen-bond donors (Lipinski definition) is 3. The van der Waals surface area contributed by atoms with Crippen LogP contribution in [0, 0.1) is 17.8 Å². The second-order valence-corrected chi connectivity index (χ2v) is 34.1. The monoisotopic (exact) mass is 1530 g/mol. The van der Waals surface area contributed by atoms with Gasteiger partial charge in [0.05, 0.1) is 26.4 Å². The van der Waals surface area contributed by atoms with E-state index in [0.717, 1.165) is 127 Å². The van der Waals surface area contributed by atoms with E-state index in [1.165, 1.54) is 212 Å². The molecule has 19 heteroatoms. The molecule has 0 aromatic carbocycles. The molecule has 0 heterocycles. The molecule has 0 radical (unpaired) electrons. The second-order valence-electron chi connectivity index (χ2n) is 31.2. The van der Waals surface area contributed by atoms with E-state index in [-0.39, 0.29) is 25.7 Å². The number of ether oxygens (including phenoxy) is 4. The number of phosphoric acid groups is 2. The van der Waals surface area contributed by atoms with Crippen molar-refractivity contribution < 1.29 is 80.2 Å². The summed E-state index contributed by atoms with van der Waals surface area (Å²) in [5, 5.41) is 10.7. The lowest BCUT2D eigenvalue weighted by Gasteiger charge is -2.21. The first-order valence-corrected chi connectivity index (χ1v) is 46.7. The number of esters is 4. The van der Waals surface area contributed by atoms with Gasteiger partial charge in [0.2, 0.25) is 0 Å². The predicted octanol–water partition coefficient (Wildman–Crippen LogP) is 25.6. The van der Waals surface area contributed by atoms with Crippen LogP contribution in [0.5, 0.6) is 0 Å². The first kappa shape index (κ1) is 103. The third-order valence-corrected chi connectivity index (χ3v) is 22.1. The van der Waals surface area contributed by atoms with Crippen LogP contribution in [0.2, 0.25) is 0 Å². The molecule has 0 aliphatic heterocycles. The van der Waals surface area contributed by atoms with Gasteiger partial charge < -0.3 is 33.8 Å². The van der Waals surface area contributed by atoms with Crippen LogP contribution in [-0.2, 0) is 65.4 Å². The number of carbonyl (C=O) groups is 4. The van der Waals surface area contributed by atoms with Crippen molar-refractivity contribution in [2.45, 2.75) is 446 Å². The minimum atomic E-state index is -4.97. The van der Waals surface area contributed by atoms with Gasteiger partial charge in [-0.25, -0.2) is 9.13 Å². The van der Waals surface area contributed by atoms with E-state index in [1.54, 1.807) is 0 Å². The van der Waals surface area contributed by atoms with Crippen LogP contribution in [0.25, 0.3) is 0 Å². The molecule has 0 aliphatic carbocycles. The van der Waals surface area contributed by atoms with Crippen molar-refractivity contribution in [2.24, 2.45) is 17.8 Å². The molecule has 0 aromatic rings. The van der Waals surface area contributed by atoms with Gasteiger partial charge in [-0.3, -0.25) is 37.3 Å². The van der Waals surface area contributed by atoms with Gasteiger partial charge in [-0.05, 0) is 69.1 Å². The first-order chi connectivity index (χ1) is 50.8. The lowest BCUT2D eigenvalue weighted by molar-refractivity contribution is -0.161. The third kappa shape index (κ3) is 76.7. The van der Waals surface area contributed by atoms with Gasteiger partial charge in [-0.15, -0.1) is 0 Å². The van der Waals surface area contributed by atoms with E-state index < -0.39 is 97.5 Å². The summed E-state index contributed by atoms with van der Waals surface area (Å²) in [6.07, 6.45) is 68.8. The number of aliphatic hydroxyl groups is 1.